The predicted octanol–water partition coefficient (Wildman–Crippen LogP) is 7.16. The molecule has 1 aliphatic rings. The largest absolute Gasteiger partial charge is 0.493 e. The number of aromatic nitrogens is 2. The van der Waals surface area contributed by atoms with Crippen LogP contribution in [0.1, 0.15) is 12.5 Å². The van der Waals surface area contributed by atoms with Gasteiger partial charge in [-0.1, -0.05) is 48.5 Å². The number of ether oxygens (including phenoxy) is 2. The van der Waals surface area contributed by atoms with Gasteiger partial charge in [-0.2, -0.15) is 4.57 Å². The van der Waals surface area contributed by atoms with Crippen molar-refractivity contribution in [3.8, 4) is 33.9 Å². The van der Waals surface area contributed by atoms with Crippen molar-refractivity contribution in [1.82, 2.24) is 4.57 Å². The molecule has 0 spiro atoms. The van der Waals surface area contributed by atoms with E-state index in [4.69, 9.17) is 9.47 Å². The molecule has 6 aromatic rings. The Bertz CT molecular complexity index is 1830. The number of rotatable bonds is 4. The van der Waals surface area contributed by atoms with E-state index in [2.05, 4.69) is 101 Å². The fraction of sp³-hybridized carbons (Fsp3) is 0.182. The van der Waals surface area contributed by atoms with Gasteiger partial charge in [-0.3, -0.25) is 0 Å². The molecule has 0 fully saturated rings. The van der Waals surface area contributed by atoms with E-state index in [-0.39, 0.29) is 0 Å². The van der Waals surface area contributed by atoms with Crippen LogP contribution in [0.4, 0.5) is 0 Å². The van der Waals surface area contributed by atoms with E-state index in [0.29, 0.717) is 0 Å². The number of hydrogen-bond acceptors (Lipinski definition) is 2. The minimum atomic E-state index is 0.760. The lowest BCUT2D eigenvalue weighted by Gasteiger charge is -2.21. The lowest BCUT2D eigenvalue weighted by Crippen LogP contribution is -2.40. The Kier molecular flexibility index (Phi) is 4.97. The van der Waals surface area contributed by atoms with Crippen molar-refractivity contribution in [1.29, 1.82) is 0 Å². The molecule has 0 N–H and O–H groups in total. The molecule has 0 saturated carbocycles. The zero-order chi connectivity index (χ0) is 25.1. The summed E-state index contributed by atoms with van der Waals surface area (Å²) >= 11 is 0. The molecule has 3 heterocycles. The van der Waals surface area contributed by atoms with E-state index in [1.165, 1.54) is 60.5 Å². The van der Waals surface area contributed by atoms with Crippen molar-refractivity contribution in [2.24, 2.45) is 0 Å². The molecule has 0 bridgehead atoms. The van der Waals surface area contributed by atoms with Gasteiger partial charge in [0.15, 0.2) is 24.2 Å². The zero-order valence-electron chi connectivity index (χ0n) is 21.4. The molecule has 7 rings (SSSR count). The highest BCUT2D eigenvalue weighted by Gasteiger charge is 2.31. The first-order valence-corrected chi connectivity index (χ1v) is 12.9. The molecule has 0 aliphatic carbocycles. The number of benzene rings is 4. The van der Waals surface area contributed by atoms with E-state index in [9.17, 15) is 0 Å². The van der Waals surface area contributed by atoms with Crippen molar-refractivity contribution >= 4 is 32.6 Å². The Morgan fingerprint density at radius 2 is 1.54 bits per heavy atom. The average Bonchev–Trinajstić information content (AvgIpc) is 3.26. The van der Waals surface area contributed by atoms with Gasteiger partial charge < -0.3 is 14.0 Å². The number of pyridine rings is 1. The van der Waals surface area contributed by atoms with Crippen LogP contribution < -0.4 is 14.0 Å². The molecular weight excluding hydrogens is 456 g/mol. The summed E-state index contributed by atoms with van der Waals surface area (Å²) in [5, 5.41) is 5.16. The van der Waals surface area contributed by atoms with Gasteiger partial charge in [-0.15, -0.1) is 0 Å². The summed E-state index contributed by atoms with van der Waals surface area (Å²) in [6.45, 7) is 4.07. The van der Waals surface area contributed by atoms with Crippen LogP contribution in [-0.4, -0.2) is 18.8 Å². The van der Waals surface area contributed by atoms with E-state index >= 15 is 0 Å². The molecule has 182 valence electrons. The monoisotopic (exact) mass is 485 g/mol. The quantitative estimate of drug-likeness (QED) is 0.248. The highest BCUT2D eigenvalue weighted by molar-refractivity contribution is 6.15. The first kappa shape index (κ1) is 21.9. The Labute approximate surface area is 216 Å². The molecule has 0 amide bonds. The third kappa shape index (κ3) is 3.18. The van der Waals surface area contributed by atoms with Crippen LogP contribution in [0.3, 0.4) is 0 Å². The summed E-state index contributed by atoms with van der Waals surface area (Å²) in [5.74, 6) is 1.54. The highest BCUT2D eigenvalue weighted by atomic mass is 16.5. The van der Waals surface area contributed by atoms with Gasteiger partial charge in [0.2, 0.25) is 5.69 Å². The summed E-state index contributed by atoms with van der Waals surface area (Å²) in [6.07, 6.45) is 3.29. The van der Waals surface area contributed by atoms with E-state index in [1.807, 2.05) is 0 Å². The van der Waals surface area contributed by atoms with Crippen LogP contribution in [0.25, 0.3) is 55.0 Å². The predicted molar refractivity (Wildman–Crippen MR) is 150 cm³/mol. The number of hydrogen-bond donors (Lipinski definition) is 0. The SMILES string of the molecule is CCn1c2ccccc2c2cc3c[n+]4c(c(-c5ccccc5)c3cc21)-c1cc(OC)c(OC)cc1CC4. The molecule has 4 nitrogen and oxygen atoms in total. The van der Waals surface area contributed by atoms with Gasteiger partial charge in [0.1, 0.15) is 0 Å². The average molecular weight is 486 g/mol. The van der Waals surface area contributed by atoms with Crippen LogP contribution in [0.15, 0.2) is 85.1 Å². The summed E-state index contributed by atoms with van der Waals surface area (Å²) in [5.41, 5.74) is 8.79. The summed E-state index contributed by atoms with van der Waals surface area (Å²) < 4.78 is 16.2. The minimum Gasteiger partial charge on any atom is -0.493 e. The Hall–Kier alpha value is -4.31. The standard InChI is InChI=1S/C33H29N2O2/c1-4-35-28-13-9-8-12-24(28)27-16-23-20-34-15-14-22-17-30(36-2)31(37-3)19-26(22)33(34)32(25(23)18-29(27)35)21-10-6-5-7-11-21/h5-13,16-20H,4,14-15H2,1-3H3/q+1. The molecule has 4 aromatic carbocycles. The Balaban J connectivity index is 1.64. The number of para-hydroxylation sites is 1. The molecule has 4 heteroatoms. The second-order valence-corrected chi connectivity index (χ2v) is 9.74. The fourth-order valence-corrected chi connectivity index (χ4v) is 6.23. The first-order chi connectivity index (χ1) is 18.2. The van der Waals surface area contributed by atoms with Gasteiger partial charge in [0.05, 0.1) is 25.3 Å². The molecule has 37 heavy (non-hydrogen) atoms. The fourth-order valence-electron chi connectivity index (χ4n) is 6.23. The van der Waals surface area contributed by atoms with Crippen molar-refractivity contribution in [2.45, 2.75) is 26.4 Å². The molecule has 0 unspecified atom stereocenters. The lowest BCUT2D eigenvalue weighted by molar-refractivity contribution is -0.685. The Morgan fingerprint density at radius 1 is 0.784 bits per heavy atom. The van der Waals surface area contributed by atoms with Gasteiger partial charge in [0, 0.05) is 45.5 Å². The summed E-state index contributed by atoms with van der Waals surface area (Å²) in [6, 6.07) is 28.7. The number of methoxy groups -OCH3 is 2. The second kappa shape index (κ2) is 8.38. The van der Waals surface area contributed by atoms with Gasteiger partial charge in [0.25, 0.3) is 0 Å². The molecular formula is C33H29N2O2+. The van der Waals surface area contributed by atoms with Gasteiger partial charge >= 0.3 is 0 Å². The lowest BCUT2D eigenvalue weighted by atomic mass is 9.88. The van der Waals surface area contributed by atoms with E-state index in [1.54, 1.807) is 14.2 Å². The third-order valence-corrected chi connectivity index (χ3v) is 7.90. The maximum Gasteiger partial charge on any atom is 0.221 e. The minimum absolute atomic E-state index is 0.760. The smallest absolute Gasteiger partial charge is 0.221 e. The van der Waals surface area contributed by atoms with Crippen molar-refractivity contribution in [3.63, 3.8) is 0 Å². The summed E-state index contributed by atoms with van der Waals surface area (Å²) in [4.78, 5) is 0. The summed E-state index contributed by atoms with van der Waals surface area (Å²) in [7, 11) is 3.41. The van der Waals surface area contributed by atoms with Crippen LogP contribution in [0.5, 0.6) is 11.5 Å². The van der Waals surface area contributed by atoms with Crippen LogP contribution in [-0.2, 0) is 19.5 Å². The Morgan fingerprint density at radius 3 is 2.32 bits per heavy atom. The van der Waals surface area contributed by atoms with Crippen LogP contribution >= 0.6 is 0 Å². The van der Waals surface area contributed by atoms with Gasteiger partial charge in [-0.25, -0.2) is 0 Å². The third-order valence-electron chi connectivity index (χ3n) is 7.90. The van der Waals surface area contributed by atoms with Crippen LogP contribution in [0, 0.1) is 0 Å². The van der Waals surface area contributed by atoms with Gasteiger partial charge in [-0.05, 0) is 48.4 Å². The highest BCUT2D eigenvalue weighted by Crippen LogP contribution is 2.44. The number of aryl methyl sites for hydroxylation is 3. The van der Waals surface area contributed by atoms with E-state index < -0.39 is 0 Å². The molecule has 0 radical (unpaired) electrons. The van der Waals surface area contributed by atoms with E-state index in [0.717, 1.165) is 31.0 Å². The number of nitrogens with zero attached hydrogens (tertiary/aromatic N) is 2. The molecule has 2 aromatic heterocycles. The van der Waals surface area contributed by atoms with Crippen molar-refractivity contribution < 1.29 is 14.0 Å². The number of fused-ring (bicyclic) bond motifs is 7. The molecule has 1 aliphatic heterocycles. The zero-order valence-corrected chi connectivity index (χ0v) is 21.4. The van der Waals surface area contributed by atoms with Crippen molar-refractivity contribution in [2.75, 3.05) is 14.2 Å². The molecule has 0 atom stereocenters. The normalized spacial score (nSPS) is 12.6. The van der Waals surface area contributed by atoms with Crippen LogP contribution in [0.2, 0.25) is 0 Å². The molecule has 0 saturated heterocycles. The maximum atomic E-state index is 5.73. The van der Waals surface area contributed by atoms with Crippen molar-refractivity contribution in [3.05, 3.63) is 90.6 Å². The topological polar surface area (TPSA) is 27.3 Å². The first-order valence-electron chi connectivity index (χ1n) is 12.9. The second-order valence-electron chi connectivity index (χ2n) is 9.74. The maximum absolute atomic E-state index is 5.73.